The molecule has 0 radical (unpaired) electrons. The van der Waals surface area contributed by atoms with Crippen LogP contribution >= 0.6 is 0 Å². The second-order valence-corrected chi connectivity index (χ2v) is 11.5. The molecule has 0 aliphatic heterocycles. The summed E-state index contributed by atoms with van der Waals surface area (Å²) in [6.07, 6.45) is 6.31. The van der Waals surface area contributed by atoms with E-state index < -0.39 is 11.7 Å². The zero-order valence-corrected chi connectivity index (χ0v) is 24.6. The average Bonchev–Trinajstić information content (AvgIpc) is 3.35. The van der Waals surface area contributed by atoms with Gasteiger partial charge in [-0.15, -0.1) is 0 Å². The number of nitrogens with zero attached hydrogens (tertiary/aromatic N) is 6. The molecule has 12 nitrogen and oxygen atoms in total. The van der Waals surface area contributed by atoms with Gasteiger partial charge in [-0.2, -0.15) is 9.61 Å². The number of Topliss-reactive ketones (excluding diaryl/α,β-unsaturated/α-hetero) is 1. The molecule has 1 N–H and O–H groups in total. The smallest absolute Gasteiger partial charge is 0.415 e. The van der Waals surface area contributed by atoms with Gasteiger partial charge in [0.15, 0.2) is 11.4 Å². The lowest BCUT2D eigenvalue weighted by molar-refractivity contribution is -0.0171. The van der Waals surface area contributed by atoms with Crippen LogP contribution in [0.2, 0.25) is 0 Å². The fourth-order valence-corrected chi connectivity index (χ4v) is 4.83. The lowest BCUT2D eigenvalue weighted by atomic mass is 9.78. The van der Waals surface area contributed by atoms with E-state index in [0.717, 1.165) is 18.5 Å². The van der Waals surface area contributed by atoms with E-state index >= 15 is 0 Å². The van der Waals surface area contributed by atoms with E-state index in [1.165, 1.54) is 20.2 Å². The third kappa shape index (κ3) is 5.89. The maximum Gasteiger partial charge on any atom is 0.415 e. The Labute approximate surface area is 243 Å². The van der Waals surface area contributed by atoms with E-state index in [4.69, 9.17) is 9.47 Å². The van der Waals surface area contributed by atoms with Crippen molar-refractivity contribution in [2.24, 2.45) is 5.92 Å². The number of fused-ring (bicyclic) bond motifs is 1. The van der Waals surface area contributed by atoms with Gasteiger partial charge < -0.3 is 14.8 Å². The van der Waals surface area contributed by atoms with Gasteiger partial charge in [0.25, 0.3) is 5.56 Å². The summed E-state index contributed by atoms with van der Waals surface area (Å²) in [7, 11) is 3.20. The maximum atomic E-state index is 13.4. The summed E-state index contributed by atoms with van der Waals surface area (Å²) in [6.45, 7) is 7.19. The summed E-state index contributed by atoms with van der Waals surface area (Å²) < 4.78 is 13.9. The lowest BCUT2D eigenvalue weighted by Gasteiger charge is -2.34. The summed E-state index contributed by atoms with van der Waals surface area (Å²) in [5.41, 5.74) is 1.19. The van der Waals surface area contributed by atoms with Crippen molar-refractivity contribution < 1.29 is 19.1 Å². The molecule has 4 aromatic heterocycles. The first-order chi connectivity index (χ1) is 19.9. The quantitative estimate of drug-likeness (QED) is 0.298. The molecule has 1 fully saturated rings. The third-order valence-electron chi connectivity index (χ3n) is 7.25. The van der Waals surface area contributed by atoms with Gasteiger partial charge in [-0.1, -0.05) is 0 Å². The molecule has 12 heteroatoms. The fraction of sp³-hybridized carbons (Fsp3) is 0.400. The number of hydrogen-bond donors (Lipinski definition) is 1. The summed E-state index contributed by atoms with van der Waals surface area (Å²) in [4.78, 5) is 50.1. The molecule has 1 amide bonds. The standard InChI is InChI=1S/C30H35N7O5/c1-18-9-11-20(16-31-18)36-13-7-8-22(28(36)39)33-25-15-26(35(5)29(40)42-30(2,3)4)37-27(34-25)21(17-32-37)23(38)14-19-10-12-24(19)41-6/h7-9,11,13,15-17,19,24H,10,12,14H2,1-6H3,(H,33,34)/t19?,24-/m0/s1. The molecule has 1 aliphatic carbocycles. The van der Waals surface area contributed by atoms with Crippen molar-refractivity contribution in [1.29, 1.82) is 0 Å². The highest BCUT2D eigenvalue weighted by molar-refractivity contribution is 6.02. The van der Waals surface area contributed by atoms with Crippen molar-refractivity contribution in [3.63, 3.8) is 0 Å². The van der Waals surface area contributed by atoms with Crippen molar-refractivity contribution in [3.05, 3.63) is 70.5 Å². The Morgan fingerprint density at radius 2 is 1.95 bits per heavy atom. The van der Waals surface area contributed by atoms with Crippen LogP contribution in [0.25, 0.3) is 11.3 Å². The molecule has 2 atom stereocenters. The first-order valence-electron chi connectivity index (χ1n) is 13.8. The molecule has 1 unspecified atom stereocenters. The van der Waals surface area contributed by atoms with Gasteiger partial charge in [0.1, 0.15) is 22.9 Å². The predicted octanol–water partition coefficient (Wildman–Crippen LogP) is 4.70. The Kier molecular flexibility index (Phi) is 7.83. The van der Waals surface area contributed by atoms with Crippen LogP contribution < -0.4 is 15.8 Å². The first kappa shape index (κ1) is 28.9. The van der Waals surface area contributed by atoms with Crippen LogP contribution in [0, 0.1) is 12.8 Å². The molecule has 1 saturated carbocycles. The number of hydrogen-bond acceptors (Lipinski definition) is 9. The minimum absolute atomic E-state index is 0.0545. The van der Waals surface area contributed by atoms with Crippen molar-refractivity contribution in [1.82, 2.24) is 24.1 Å². The largest absolute Gasteiger partial charge is 0.443 e. The number of nitrogens with one attached hydrogen (secondary N) is 1. The zero-order valence-electron chi connectivity index (χ0n) is 24.6. The van der Waals surface area contributed by atoms with Crippen molar-refractivity contribution in [3.8, 4) is 5.69 Å². The molecular formula is C30H35N7O5. The topological polar surface area (TPSA) is 133 Å². The van der Waals surface area contributed by atoms with E-state index in [0.29, 0.717) is 23.5 Å². The Morgan fingerprint density at radius 3 is 2.60 bits per heavy atom. The molecule has 42 heavy (non-hydrogen) atoms. The minimum atomic E-state index is -0.732. The minimum Gasteiger partial charge on any atom is -0.443 e. The van der Waals surface area contributed by atoms with Crippen LogP contribution in [0.4, 0.5) is 22.1 Å². The van der Waals surface area contributed by atoms with Crippen molar-refractivity contribution in [2.75, 3.05) is 24.4 Å². The van der Waals surface area contributed by atoms with Gasteiger partial charge in [-0.05, 0) is 70.7 Å². The molecule has 0 aromatic carbocycles. The van der Waals surface area contributed by atoms with Crippen LogP contribution in [-0.4, -0.2) is 61.9 Å². The van der Waals surface area contributed by atoms with Gasteiger partial charge in [0.05, 0.1) is 29.7 Å². The highest BCUT2D eigenvalue weighted by atomic mass is 16.6. The maximum absolute atomic E-state index is 13.4. The monoisotopic (exact) mass is 573 g/mol. The summed E-state index contributed by atoms with van der Waals surface area (Å²) in [5, 5.41) is 7.50. The summed E-state index contributed by atoms with van der Waals surface area (Å²) in [6, 6.07) is 8.58. The van der Waals surface area contributed by atoms with Gasteiger partial charge in [-0.3, -0.25) is 24.0 Å². The molecule has 4 aromatic rings. The highest BCUT2D eigenvalue weighted by Crippen LogP contribution is 2.34. The average molecular weight is 574 g/mol. The molecule has 1 aliphatic rings. The third-order valence-corrected chi connectivity index (χ3v) is 7.25. The summed E-state index contributed by atoms with van der Waals surface area (Å²) in [5.74, 6) is 0.550. The molecule has 0 spiro atoms. The number of carbonyl (C=O) groups excluding carboxylic acids is 2. The number of anilines is 3. The lowest BCUT2D eigenvalue weighted by Crippen LogP contribution is -2.35. The van der Waals surface area contributed by atoms with E-state index in [2.05, 4.69) is 20.4 Å². The fourth-order valence-electron chi connectivity index (χ4n) is 4.83. The second-order valence-electron chi connectivity index (χ2n) is 11.5. The van der Waals surface area contributed by atoms with Crippen molar-refractivity contribution in [2.45, 2.75) is 58.7 Å². The molecular weight excluding hydrogens is 538 g/mol. The molecule has 4 heterocycles. The Balaban J connectivity index is 1.55. The van der Waals surface area contributed by atoms with Crippen LogP contribution in [-0.2, 0) is 9.47 Å². The van der Waals surface area contributed by atoms with Crippen molar-refractivity contribution >= 4 is 34.8 Å². The highest BCUT2D eigenvalue weighted by Gasteiger charge is 2.34. The van der Waals surface area contributed by atoms with Gasteiger partial charge in [-0.25, -0.2) is 9.78 Å². The number of aromatic nitrogens is 5. The Morgan fingerprint density at radius 1 is 1.17 bits per heavy atom. The van der Waals surface area contributed by atoms with Gasteiger partial charge >= 0.3 is 6.09 Å². The van der Waals surface area contributed by atoms with Crippen LogP contribution in [0.1, 0.15) is 56.1 Å². The first-order valence-corrected chi connectivity index (χ1v) is 13.8. The van der Waals surface area contributed by atoms with E-state index in [-0.39, 0.29) is 40.5 Å². The molecule has 5 rings (SSSR count). The van der Waals surface area contributed by atoms with Gasteiger partial charge in [0.2, 0.25) is 0 Å². The van der Waals surface area contributed by atoms with E-state index in [9.17, 15) is 14.4 Å². The van der Waals surface area contributed by atoms with Crippen LogP contribution in [0.5, 0.6) is 0 Å². The second kappa shape index (κ2) is 11.4. The number of methoxy groups -OCH3 is 1. The van der Waals surface area contributed by atoms with Gasteiger partial charge in [0, 0.05) is 38.5 Å². The SMILES string of the molecule is CO[C@H]1CCC1CC(=O)c1cnn2c(N(C)C(=O)OC(C)(C)C)cc(Nc3cccn(-c4ccc(C)nc4)c3=O)nc12. The number of amides is 1. The molecule has 220 valence electrons. The zero-order chi connectivity index (χ0) is 30.2. The van der Waals surface area contributed by atoms with Crippen LogP contribution in [0.15, 0.2) is 53.7 Å². The Hall–Kier alpha value is -4.58. The summed E-state index contributed by atoms with van der Waals surface area (Å²) >= 11 is 0. The number of pyridine rings is 2. The number of rotatable bonds is 8. The molecule has 0 saturated heterocycles. The number of ketones is 1. The van der Waals surface area contributed by atoms with Crippen LogP contribution in [0.3, 0.4) is 0 Å². The Bertz CT molecular complexity index is 1690. The number of ether oxygens (including phenoxy) is 2. The van der Waals surface area contributed by atoms with E-state index in [1.54, 1.807) is 65.5 Å². The number of aryl methyl sites for hydroxylation is 1. The number of carbonyl (C=O) groups is 2. The molecule has 0 bridgehead atoms. The normalized spacial score (nSPS) is 16.6. The predicted molar refractivity (Wildman–Crippen MR) is 158 cm³/mol. The van der Waals surface area contributed by atoms with E-state index in [1.807, 2.05) is 19.1 Å².